The molecule has 1 nitrogen and oxygen atoms in total. The van der Waals surface area contributed by atoms with Crippen LogP contribution in [-0.4, -0.2) is 11.3 Å². The molecule has 1 aromatic carbocycles. The zero-order chi connectivity index (χ0) is 10.6. The lowest BCUT2D eigenvalue weighted by molar-refractivity contribution is 0.0982. The Morgan fingerprint density at radius 2 is 1.93 bits per heavy atom. The smallest absolute Gasteiger partial charge is 0.294 e. The van der Waals surface area contributed by atoms with Crippen LogP contribution in [0, 0.1) is 0 Å². The molecule has 4 heteroatoms. The normalized spacial score (nSPS) is 12.2. The number of Topliss-reactive ketones (excluding diaryl/α,β-unsaturated/α-hetero) is 1. The average molecular weight is 229 g/mol. The zero-order valence-corrected chi connectivity index (χ0v) is 9.42. The van der Waals surface area contributed by atoms with Gasteiger partial charge in [-0.1, -0.05) is 37.3 Å². The summed E-state index contributed by atoms with van der Waals surface area (Å²) in [5.41, 5.74) is 0.232. The molecule has 0 spiro atoms. The SMILES string of the molecule is CC(CC(=O)c1ccccc1)B(Cl)Cl. The molecule has 0 heterocycles. The van der Waals surface area contributed by atoms with Crippen molar-refractivity contribution in [2.24, 2.45) is 0 Å². The highest BCUT2D eigenvalue weighted by atomic mass is 35.5. The minimum atomic E-state index is -0.484. The first-order valence-electron chi connectivity index (χ1n) is 4.47. The Labute approximate surface area is 94.3 Å². The second-order valence-electron chi connectivity index (χ2n) is 3.31. The van der Waals surface area contributed by atoms with Gasteiger partial charge in [-0.05, 0) is 5.82 Å². The number of benzene rings is 1. The summed E-state index contributed by atoms with van der Waals surface area (Å²) < 4.78 is 0. The molecule has 74 valence electrons. The standard InChI is InChI=1S/C10H11BCl2O/c1-8(11(12)13)7-10(14)9-5-3-2-4-6-9/h2-6,8H,7H2,1H3. The molecule has 0 aliphatic carbocycles. The van der Waals surface area contributed by atoms with Gasteiger partial charge < -0.3 is 0 Å². The van der Waals surface area contributed by atoms with Gasteiger partial charge in [-0.3, -0.25) is 4.79 Å². The minimum Gasteiger partial charge on any atom is -0.294 e. The molecule has 0 bridgehead atoms. The van der Waals surface area contributed by atoms with Crippen molar-refractivity contribution in [3.8, 4) is 0 Å². The van der Waals surface area contributed by atoms with Crippen molar-refractivity contribution in [3.63, 3.8) is 0 Å². The lowest BCUT2D eigenvalue weighted by atomic mass is 9.81. The van der Waals surface area contributed by atoms with E-state index in [-0.39, 0.29) is 11.6 Å². The number of ketones is 1. The van der Waals surface area contributed by atoms with Crippen LogP contribution in [0.15, 0.2) is 30.3 Å². The van der Waals surface area contributed by atoms with E-state index in [1.54, 1.807) is 12.1 Å². The maximum absolute atomic E-state index is 11.6. The molecule has 0 radical (unpaired) electrons. The van der Waals surface area contributed by atoms with Crippen LogP contribution in [0.2, 0.25) is 5.82 Å². The van der Waals surface area contributed by atoms with Crippen molar-refractivity contribution in [2.75, 3.05) is 0 Å². The van der Waals surface area contributed by atoms with Gasteiger partial charge in [0.25, 0.3) is 0 Å². The highest BCUT2D eigenvalue weighted by Crippen LogP contribution is 2.22. The van der Waals surface area contributed by atoms with Gasteiger partial charge in [-0.2, -0.15) is 22.9 Å². The Bertz CT molecular complexity index is 300. The molecule has 14 heavy (non-hydrogen) atoms. The molecule has 1 atom stereocenters. The second kappa shape index (κ2) is 5.42. The summed E-state index contributed by atoms with van der Waals surface area (Å²) in [4.78, 5) is 11.6. The molecule has 0 aromatic heterocycles. The van der Waals surface area contributed by atoms with Crippen molar-refractivity contribution in [1.29, 1.82) is 0 Å². The van der Waals surface area contributed by atoms with Crippen LogP contribution in [0.5, 0.6) is 0 Å². The molecule has 0 aliphatic heterocycles. The molecule has 0 aliphatic rings. The van der Waals surface area contributed by atoms with Crippen LogP contribution in [0.3, 0.4) is 0 Å². The monoisotopic (exact) mass is 228 g/mol. The van der Waals surface area contributed by atoms with Gasteiger partial charge in [0.2, 0.25) is 0 Å². The minimum absolute atomic E-state index is 0.00830. The first-order chi connectivity index (χ1) is 6.61. The summed E-state index contributed by atoms with van der Waals surface area (Å²) in [6.45, 7) is 1.87. The van der Waals surface area contributed by atoms with Crippen LogP contribution < -0.4 is 0 Å². The van der Waals surface area contributed by atoms with Crippen LogP contribution in [0.25, 0.3) is 0 Å². The van der Waals surface area contributed by atoms with Gasteiger partial charge in [0.05, 0.1) is 0 Å². The van der Waals surface area contributed by atoms with Crippen molar-refractivity contribution in [1.82, 2.24) is 0 Å². The van der Waals surface area contributed by atoms with E-state index >= 15 is 0 Å². The van der Waals surface area contributed by atoms with E-state index in [4.69, 9.17) is 22.9 Å². The predicted octanol–water partition coefficient (Wildman–Crippen LogP) is 3.62. The maximum atomic E-state index is 11.6. The molecular formula is C10H11BCl2O. The van der Waals surface area contributed by atoms with Crippen LogP contribution in [-0.2, 0) is 0 Å². The fourth-order valence-corrected chi connectivity index (χ4v) is 1.30. The van der Waals surface area contributed by atoms with Crippen molar-refractivity contribution in [3.05, 3.63) is 35.9 Å². The Balaban J connectivity index is 2.60. The molecule has 0 amide bonds. The van der Waals surface area contributed by atoms with E-state index < -0.39 is 5.54 Å². The number of hydrogen-bond acceptors (Lipinski definition) is 1. The van der Waals surface area contributed by atoms with Crippen LogP contribution in [0.4, 0.5) is 0 Å². The van der Waals surface area contributed by atoms with E-state index in [1.165, 1.54) is 0 Å². The Hall–Kier alpha value is -0.465. The van der Waals surface area contributed by atoms with Gasteiger partial charge in [0.1, 0.15) is 0 Å². The largest absolute Gasteiger partial charge is 0.354 e. The third kappa shape index (κ3) is 3.35. The number of carbonyl (C=O) groups is 1. The Kier molecular flexibility index (Phi) is 4.50. The Morgan fingerprint density at radius 3 is 2.43 bits per heavy atom. The number of rotatable bonds is 4. The quantitative estimate of drug-likeness (QED) is 0.569. The van der Waals surface area contributed by atoms with Gasteiger partial charge in [0, 0.05) is 12.0 Å². The lowest BCUT2D eigenvalue weighted by Crippen LogP contribution is -2.09. The molecular weight excluding hydrogens is 218 g/mol. The fraction of sp³-hybridized carbons (Fsp3) is 0.300. The van der Waals surface area contributed by atoms with Gasteiger partial charge in [-0.25, -0.2) is 0 Å². The third-order valence-corrected chi connectivity index (χ3v) is 2.89. The zero-order valence-electron chi connectivity index (χ0n) is 7.91. The van der Waals surface area contributed by atoms with Crippen molar-refractivity contribution >= 4 is 34.2 Å². The van der Waals surface area contributed by atoms with Crippen LogP contribution >= 0.6 is 22.9 Å². The number of halogens is 2. The van der Waals surface area contributed by atoms with Gasteiger partial charge in [-0.15, -0.1) is 0 Å². The summed E-state index contributed by atoms with van der Waals surface area (Å²) >= 11 is 11.3. The van der Waals surface area contributed by atoms with E-state index in [0.29, 0.717) is 12.0 Å². The molecule has 0 saturated heterocycles. The first-order valence-corrected chi connectivity index (χ1v) is 5.35. The van der Waals surface area contributed by atoms with Gasteiger partial charge >= 0.3 is 5.54 Å². The fourth-order valence-electron chi connectivity index (χ4n) is 1.12. The molecule has 0 saturated carbocycles. The Morgan fingerprint density at radius 1 is 1.36 bits per heavy atom. The highest BCUT2D eigenvalue weighted by Gasteiger charge is 2.20. The molecule has 0 N–H and O–H groups in total. The second-order valence-corrected chi connectivity index (χ2v) is 4.47. The average Bonchev–Trinajstić information content (AvgIpc) is 2.19. The topological polar surface area (TPSA) is 17.1 Å². The first kappa shape index (κ1) is 11.6. The highest BCUT2D eigenvalue weighted by molar-refractivity contribution is 7.34. The summed E-state index contributed by atoms with van der Waals surface area (Å²) in [7, 11) is 0. The molecule has 1 rings (SSSR count). The summed E-state index contributed by atoms with van der Waals surface area (Å²) in [5.74, 6) is 0.0791. The van der Waals surface area contributed by atoms with E-state index in [1.807, 2.05) is 25.1 Å². The predicted molar refractivity (Wildman–Crippen MR) is 62.3 cm³/mol. The summed E-state index contributed by atoms with van der Waals surface area (Å²) in [5, 5.41) is 0. The third-order valence-electron chi connectivity index (χ3n) is 2.03. The molecule has 0 fully saturated rings. The molecule has 1 unspecified atom stereocenters. The van der Waals surface area contributed by atoms with E-state index in [0.717, 1.165) is 0 Å². The number of hydrogen-bond donors (Lipinski definition) is 0. The van der Waals surface area contributed by atoms with Gasteiger partial charge in [0.15, 0.2) is 5.78 Å². The maximum Gasteiger partial charge on any atom is 0.354 e. The summed E-state index contributed by atoms with van der Waals surface area (Å²) in [6, 6.07) is 9.17. The van der Waals surface area contributed by atoms with E-state index in [9.17, 15) is 4.79 Å². The lowest BCUT2D eigenvalue weighted by Gasteiger charge is -2.08. The molecule has 1 aromatic rings. The van der Waals surface area contributed by atoms with E-state index in [2.05, 4.69) is 0 Å². The number of carbonyl (C=O) groups excluding carboxylic acids is 1. The summed E-state index contributed by atoms with van der Waals surface area (Å²) in [6.07, 6.45) is 0.391. The van der Waals surface area contributed by atoms with Crippen molar-refractivity contribution in [2.45, 2.75) is 19.2 Å². The van der Waals surface area contributed by atoms with Crippen molar-refractivity contribution < 1.29 is 4.79 Å². The van der Waals surface area contributed by atoms with Crippen LogP contribution in [0.1, 0.15) is 23.7 Å².